The lowest BCUT2D eigenvalue weighted by Gasteiger charge is -2.22. The average molecular weight is 281 g/mol. The van der Waals surface area contributed by atoms with Gasteiger partial charge in [0.15, 0.2) is 0 Å². The SMILES string of the molecule is Cc1cccc(CCC(C)N[C@H](C)c2ccccc2C)c1. The fourth-order valence-electron chi connectivity index (χ4n) is 2.92. The van der Waals surface area contributed by atoms with Crippen molar-refractivity contribution in [1.82, 2.24) is 5.32 Å². The fourth-order valence-corrected chi connectivity index (χ4v) is 2.92. The molecule has 0 aliphatic rings. The van der Waals surface area contributed by atoms with Crippen molar-refractivity contribution in [2.45, 2.75) is 52.6 Å². The van der Waals surface area contributed by atoms with Crippen LogP contribution in [0.15, 0.2) is 48.5 Å². The van der Waals surface area contributed by atoms with Crippen LogP contribution in [-0.2, 0) is 6.42 Å². The van der Waals surface area contributed by atoms with E-state index < -0.39 is 0 Å². The van der Waals surface area contributed by atoms with Crippen molar-refractivity contribution in [1.29, 1.82) is 0 Å². The smallest absolute Gasteiger partial charge is 0.0296 e. The van der Waals surface area contributed by atoms with Gasteiger partial charge in [0.05, 0.1) is 0 Å². The molecule has 0 saturated carbocycles. The monoisotopic (exact) mass is 281 g/mol. The van der Waals surface area contributed by atoms with Crippen LogP contribution in [0.4, 0.5) is 0 Å². The molecule has 0 saturated heterocycles. The minimum Gasteiger partial charge on any atom is -0.308 e. The highest BCUT2D eigenvalue weighted by Crippen LogP contribution is 2.18. The molecule has 2 rings (SSSR count). The maximum Gasteiger partial charge on any atom is 0.0296 e. The summed E-state index contributed by atoms with van der Waals surface area (Å²) in [5.41, 5.74) is 5.55. The topological polar surface area (TPSA) is 12.0 Å². The number of nitrogens with one attached hydrogen (secondary N) is 1. The molecule has 2 aromatic rings. The maximum atomic E-state index is 3.72. The summed E-state index contributed by atoms with van der Waals surface area (Å²) in [6.45, 7) is 8.88. The maximum absolute atomic E-state index is 3.72. The molecule has 0 aliphatic heterocycles. The van der Waals surface area contributed by atoms with E-state index in [9.17, 15) is 0 Å². The molecule has 1 N–H and O–H groups in total. The summed E-state index contributed by atoms with van der Waals surface area (Å²) in [5.74, 6) is 0. The summed E-state index contributed by atoms with van der Waals surface area (Å²) < 4.78 is 0. The van der Waals surface area contributed by atoms with Gasteiger partial charge in [-0.3, -0.25) is 0 Å². The Bertz CT molecular complexity index is 574. The van der Waals surface area contributed by atoms with Gasteiger partial charge >= 0.3 is 0 Å². The molecule has 0 aliphatic carbocycles. The van der Waals surface area contributed by atoms with Crippen molar-refractivity contribution in [3.05, 3.63) is 70.8 Å². The van der Waals surface area contributed by atoms with Gasteiger partial charge in [-0.1, -0.05) is 54.1 Å². The Labute approximate surface area is 129 Å². The van der Waals surface area contributed by atoms with Gasteiger partial charge in [0, 0.05) is 12.1 Å². The van der Waals surface area contributed by atoms with E-state index in [0.717, 1.165) is 6.42 Å². The van der Waals surface area contributed by atoms with E-state index in [2.05, 4.69) is 81.5 Å². The zero-order valence-electron chi connectivity index (χ0n) is 13.7. The zero-order chi connectivity index (χ0) is 15.2. The van der Waals surface area contributed by atoms with Gasteiger partial charge in [0.2, 0.25) is 0 Å². The number of benzene rings is 2. The number of hydrogen-bond donors (Lipinski definition) is 1. The van der Waals surface area contributed by atoms with E-state index in [-0.39, 0.29) is 0 Å². The Morgan fingerprint density at radius 3 is 2.43 bits per heavy atom. The normalized spacial score (nSPS) is 13.9. The molecule has 0 radical (unpaired) electrons. The summed E-state index contributed by atoms with van der Waals surface area (Å²) in [7, 11) is 0. The first kappa shape index (κ1) is 15.8. The third-order valence-corrected chi connectivity index (χ3v) is 4.14. The number of aryl methyl sites for hydroxylation is 3. The van der Waals surface area contributed by atoms with Crippen molar-refractivity contribution in [2.24, 2.45) is 0 Å². The Balaban J connectivity index is 1.87. The van der Waals surface area contributed by atoms with Crippen molar-refractivity contribution >= 4 is 0 Å². The quantitative estimate of drug-likeness (QED) is 0.787. The molecule has 1 unspecified atom stereocenters. The minimum absolute atomic E-state index is 0.402. The molecule has 2 aromatic carbocycles. The largest absolute Gasteiger partial charge is 0.308 e. The van der Waals surface area contributed by atoms with Crippen molar-refractivity contribution in [3.8, 4) is 0 Å². The van der Waals surface area contributed by atoms with E-state index in [1.807, 2.05) is 0 Å². The summed E-state index contributed by atoms with van der Waals surface area (Å²) in [4.78, 5) is 0. The molecule has 0 amide bonds. The summed E-state index contributed by atoms with van der Waals surface area (Å²) in [5, 5.41) is 3.72. The van der Waals surface area contributed by atoms with Gasteiger partial charge in [0.25, 0.3) is 0 Å². The molecule has 21 heavy (non-hydrogen) atoms. The lowest BCUT2D eigenvalue weighted by molar-refractivity contribution is 0.455. The highest BCUT2D eigenvalue weighted by molar-refractivity contribution is 5.28. The van der Waals surface area contributed by atoms with Crippen LogP contribution in [0, 0.1) is 13.8 Å². The first-order chi connectivity index (χ1) is 10.1. The third-order valence-electron chi connectivity index (χ3n) is 4.14. The van der Waals surface area contributed by atoms with Crippen LogP contribution >= 0.6 is 0 Å². The third kappa shape index (κ3) is 4.71. The lowest BCUT2D eigenvalue weighted by Crippen LogP contribution is -2.29. The minimum atomic E-state index is 0.402. The van der Waals surface area contributed by atoms with E-state index in [1.54, 1.807) is 0 Å². The first-order valence-electron chi connectivity index (χ1n) is 7.93. The van der Waals surface area contributed by atoms with Crippen LogP contribution < -0.4 is 5.32 Å². The van der Waals surface area contributed by atoms with Crippen LogP contribution in [0.3, 0.4) is 0 Å². The Kier molecular flexibility index (Phi) is 5.58. The van der Waals surface area contributed by atoms with Crippen LogP contribution in [0.1, 0.15) is 48.6 Å². The van der Waals surface area contributed by atoms with Gasteiger partial charge in [-0.15, -0.1) is 0 Å². The molecule has 0 spiro atoms. The van der Waals surface area contributed by atoms with Crippen molar-refractivity contribution < 1.29 is 0 Å². The summed E-state index contributed by atoms with van der Waals surface area (Å²) in [6.07, 6.45) is 2.30. The van der Waals surface area contributed by atoms with Crippen molar-refractivity contribution in [3.63, 3.8) is 0 Å². The van der Waals surface area contributed by atoms with Gasteiger partial charge in [-0.2, -0.15) is 0 Å². The molecule has 1 nitrogen and oxygen atoms in total. The molecule has 0 bridgehead atoms. The highest BCUT2D eigenvalue weighted by Gasteiger charge is 2.11. The average Bonchev–Trinajstić information content (AvgIpc) is 2.45. The predicted octanol–water partition coefficient (Wildman–Crippen LogP) is 4.98. The standard InChI is InChI=1S/C20H27N/c1-15-8-7-10-19(14-15)13-12-17(3)21-18(4)20-11-6-5-9-16(20)2/h5-11,14,17-18,21H,12-13H2,1-4H3/t17?,18-/m1/s1. The van der Waals surface area contributed by atoms with Gasteiger partial charge in [0.1, 0.15) is 0 Å². The van der Waals surface area contributed by atoms with Gasteiger partial charge in [-0.05, 0) is 57.2 Å². The van der Waals surface area contributed by atoms with Crippen molar-refractivity contribution in [2.75, 3.05) is 0 Å². The van der Waals surface area contributed by atoms with E-state index in [4.69, 9.17) is 0 Å². The van der Waals surface area contributed by atoms with Crippen LogP contribution in [0.25, 0.3) is 0 Å². The second-order valence-corrected chi connectivity index (χ2v) is 6.17. The molecule has 0 aromatic heterocycles. The second-order valence-electron chi connectivity index (χ2n) is 6.17. The summed E-state index contributed by atoms with van der Waals surface area (Å²) in [6, 6.07) is 18.4. The summed E-state index contributed by atoms with van der Waals surface area (Å²) >= 11 is 0. The van der Waals surface area contributed by atoms with Gasteiger partial charge in [-0.25, -0.2) is 0 Å². The van der Waals surface area contributed by atoms with E-state index in [0.29, 0.717) is 12.1 Å². The Morgan fingerprint density at radius 2 is 1.71 bits per heavy atom. The Morgan fingerprint density at radius 1 is 0.952 bits per heavy atom. The lowest BCUT2D eigenvalue weighted by atomic mass is 10.00. The number of rotatable bonds is 6. The second kappa shape index (κ2) is 7.42. The molecular weight excluding hydrogens is 254 g/mol. The van der Waals surface area contributed by atoms with Crippen LogP contribution in [0.5, 0.6) is 0 Å². The van der Waals surface area contributed by atoms with E-state index in [1.165, 1.54) is 28.7 Å². The molecule has 2 atom stereocenters. The van der Waals surface area contributed by atoms with Crippen LogP contribution in [0.2, 0.25) is 0 Å². The Hall–Kier alpha value is -1.60. The zero-order valence-corrected chi connectivity index (χ0v) is 13.7. The number of hydrogen-bond acceptors (Lipinski definition) is 1. The molecule has 1 heteroatoms. The van der Waals surface area contributed by atoms with Gasteiger partial charge < -0.3 is 5.32 Å². The molecule has 112 valence electrons. The fraction of sp³-hybridized carbons (Fsp3) is 0.400. The first-order valence-corrected chi connectivity index (χ1v) is 7.93. The molecule has 0 fully saturated rings. The molecular formula is C20H27N. The van der Waals surface area contributed by atoms with E-state index >= 15 is 0 Å². The van der Waals surface area contributed by atoms with Crippen LogP contribution in [-0.4, -0.2) is 6.04 Å². The molecule has 0 heterocycles. The predicted molar refractivity (Wildman–Crippen MR) is 91.7 cm³/mol. The highest BCUT2D eigenvalue weighted by atomic mass is 14.9.